The van der Waals surface area contributed by atoms with Gasteiger partial charge in [0, 0.05) is 17.7 Å². The van der Waals surface area contributed by atoms with Crippen LogP contribution in [0.4, 0.5) is 10.1 Å². The van der Waals surface area contributed by atoms with E-state index < -0.39 is 0 Å². The number of hydrogen-bond donors (Lipinski definition) is 0. The fraction of sp³-hybridized carbons (Fsp3) is 0.400. The molecule has 1 saturated heterocycles. The zero-order valence-electron chi connectivity index (χ0n) is 11.9. The lowest BCUT2D eigenvalue weighted by Crippen LogP contribution is -2.24. The normalized spacial score (nSPS) is 18.5. The van der Waals surface area contributed by atoms with Gasteiger partial charge in [0.25, 0.3) is 0 Å². The molecule has 120 valence electrons. The maximum atomic E-state index is 13.0. The van der Waals surface area contributed by atoms with Crippen molar-refractivity contribution < 1.29 is 9.13 Å². The van der Waals surface area contributed by atoms with Gasteiger partial charge in [-0.2, -0.15) is 0 Å². The van der Waals surface area contributed by atoms with Gasteiger partial charge in [0.05, 0.1) is 24.2 Å². The number of alkyl halides is 1. The lowest BCUT2D eigenvalue weighted by atomic mass is 10.2. The zero-order chi connectivity index (χ0) is 14.7. The predicted octanol–water partition coefficient (Wildman–Crippen LogP) is 4.26. The number of halogens is 3. The van der Waals surface area contributed by atoms with Crippen LogP contribution in [0.1, 0.15) is 18.5 Å². The third-order valence-electron chi connectivity index (χ3n) is 3.48. The van der Waals surface area contributed by atoms with Crippen LogP contribution in [0.3, 0.4) is 0 Å². The van der Waals surface area contributed by atoms with Gasteiger partial charge in [0.15, 0.2) is 4.80 Å². The minimum atomic E-state index is -0.256. The highest BCUT2D eigenvalue weighted by molar-refractivity contribution is 7.07. The van der Waals surface area contributed by atoms with Crippen molar-refractivity contribution in [2.45, 2.75) is 31.4 Å². The predicted molar refractivity (Wildman–Crippen MR) is 89.7 cm³/mol. The van der Waals surface area contributed by atoms with E-state index in [1.807, 2.05) is 5.38 Å². The third kappa shape index (κ3) is 4.10. The van der Waals surface area contributed by atoms with Gasteiger partial charge in [-0.25, -0.2) is 9.38 Å². The van der Waals surface area contributed by atoms with Gasteiger partial charge in [-0.15, -0.1) is 35.3 Å². The molecule has 0 bridgehead atoms. The fourth-order valence-electron chi connectivity index (χ4n) is 2.37. The van der Waals surface area contributed by atoms with Crippen molar-refractivity contribution in [1.82, 2.24) is 4.57 Å². The molecule has 22 heavy (non-hydrogen) atoms. The molecule has 3 rings (SSSR count). The van der Waals surface area contributed by atoms with Gasteiger partial charge in [-0.3, -0.25) is 0 Å². The van der Waals surface area contributed by atoms with Crippen LogP contribution in [-0.4, -0.2) is 17.3 Å². The van der Waals surface area contributed by atoms with Crippen molar-refractivity contribution in [1.29, 1.82) is 0 Å². The Labute approximate surface area is 143 Å². The molecule has 0 aliphatic carbocycles. The van der Waals surface area contributed by atoms with E-state index in [2.05, 4.69) is 9.56 Å². The summed E-state index contributed by atoms with van der Waals surface area (Å²) < 4.78 is 20.8. The fourth-order valence-corrected chi connectivity index (χ4v) is 3.62. The van der Waals surface area contributed by atoms with Crippen molar-refractivity contribution in [3.8, 4) is 0 Å². The second-order valence-electron chi connectivity index (χ2n) is 4.98. The van der Waals surface area contributed by atoms with E-state index in [0.717, 1.165) is 42.2 Å². The SMILES string of the molecule is Cl.Fc1ccc(N=c2scc(CCl)n2CC2CCCO2)cc1. The van der Waals surface area contributed by atoms with Crippen LogP contribution in [0.15, 0.2) is 34.6 Å². The summed E-state index contributed by atoms with van der Waals surface area (Å²) in [7, 11) is 0. The van der Waals surface area contributed by atoms with Crippen LogP contribution in [0.25, 0.3) is 0 Å². The van der Waals surface area contributed by atoms with E-state index in [0.29, 0.717) is 5.88 Å². The summed E-state index contributed by atoms with van der Waals surface area (Å²) in [6.07, 6.45) is 2.41. The molecule has 0 spiro atoms. The lowest BCUT2D eigenvalue weighted by molar-refractivity contribution is 0.0959. The van der Waals surface area contributed by atoms with Gasteiger partial charge in [-0.1, -0.05) is 0 Å². The molecule has 7 heteroatoms. The van der Waals surface area contributed by atoms with Crippen molar-refractivity contribution in [3.05, 3.63) is 46.0 Å². The molecule has 1 atom stereocenters. The molecule has 1 unspecified atom stereocenters. The van der Waals surface area contributed by atoms with Gasteiger partial charge in [-0.05, 0) is 37.1 Å². The Morgan fingerprint density at radius 1 is 1.36 bits per heavy atom. The average Bonchev–Trinajstić information content (AvgIpc) is 3.13. The maximum absolute atomic E-state index is 13.0. The molecular formula is C15H17Cl2FN2OS. The first-order chi connectivity index (χ1) is 10.3. The van der Waals surface area contributed by atoms with E-state index in [4.69, 9.17) is 16.3 Å². The Morgan fingerprint density at radius 2 is 2.14 bits per heavy atom. The van der Waals surface area contributed by atoms with Gasteiger partial charge in [0.2, 0.25) is 0 Å². The molecule has 0 saturated carbocycles. The molecule has 1 aromatic carbocycles. The number of aromatic nitrogens is 1. The Balaban J connectivity index is 0.00000176. The van der Waals surface area contributed by atoms with Gasteiger partial charge in [0.1, 0.15) is 5.82 Å². The largest absolute Gasteiger partial charge is 0.376 e. The first-order valence-electron chi connectivity index (χ1n) is 6.91. The van der Waals surface area contributed by atoms with Crippen molar-refractivity contribution in [3.63, 3.8) is 0 Å². The van der Waals surface area contributed by atoms with Crippen LogP contribution >= 0.6 is 35.3 Å². The summed E-state index contributed by atoms with van der Waals surface area (Å²) in [5.74, 6) is 0.191. The molecule has 1 aliphatic rings. The van der Waals surface area contributed by atoms with Crippen molar-refractivity contribution in [2.75, 3.05) is 6.61 Å². The summed E-state index contributed by atoms with van der Waals surface area (Å²) in [6, 6.07) is 6.18. The summed E-state index contributed by atoms with van der Waals surface area (Å²) >= 11 is 7.55. The molecular weight excluding hydrogens is 346 g/mol. The highest BCUT2D eigenvalue weighted by Gasteiger charge is 2.18. The number of ether oxygens (including phenoxy) is 1. The van der Waals surface area contributed by atoms with Crippen LogP contribution in [0, 0.1) is 5.82 Å². The zero-order valence-corrected chi connectivity index (χ0v) is 14.3. The average molecular weight is 363 g/mol. The number of benzene rings is 1. The van der Waals surface area contributed by atoms with Crippen LogP contribution in [0.5, 0.6) is 0 Å². The highest BCUT2D eigenvalue weighted by atomic mass is 35.5. The summed E-state index contributed by atoms with van der Waals surface area (Å²) in [4.78, 5) is 5.46. The van der Waals surface area contributed by atoms with E-state index in [1.165, 1.54) is 12.1 Å². The smallest absolute Gasteiger partial charge is 0.190 e. The molecule has 3 nitrogen and oxygen atoms in total. The van der Waals surface area contributed by atoms with Gasteiger partial charge < -0.3 is 9.30 Å². The first kappa shape index (κ1) is 17.5. The molecule has 0 radical (unpaired) electrons. The first-order valence-corrected chi connectivity index (χ1v) is 8.33. The number of nitrogens with zero attached hydrogens (tertiary/aromatic N) is 2. The molecule has 2 heterocycles. The topological polar surface area (TPSA) is 26.5 Å². The monoisotopic (exact) mass is 362 g/mol. The second kappa shape index (κ2) is 8.11. The third-order valence-corrected chi connectivity index (χ3v) is 4.66. The minimum Gasteiger partial charge on any atom is -0.376 e. The molecule has 1 aliphatic heterocycles. The van der Waals surface area contributed by atoms with Crippen molar-refractivity contribution in [2.24, 2.45) is 4.99 Å². The van der Waals surface area contributed by atoms with E-state index in [-0.39, 0.29) is 24.3 Å². The standard InChI is InChI=1S/C15H16ClFN2OS.ClH/c16-8-13-10-21-15(18-12-5-3-11(17)4-6-12)19(13)9-14-2-1-7-20-14;/h3-6,10,14H,1-2,7-9H2;1H. The quantitative estimate of drug-likeness (QED) is 0.746. The molecule has 1 fully saturated rings. The minimum absolute atomic E-state index is 0. The summed E-state index contributed by atoms with van der Waals surface area (Å²) in [5.41, 5.74) is 1.78. The number of thiazole rings is 1. The maximum Gasteiger partial charge on any atom is 0.190 e. The Morgan fingerprint density at radius 3 is 2.77 bits per heavy atom. The molecule has 1 aromatic heterocycles. The Bertz CT molecular complexity index is 663. The van der Waals surface area contributed by atoms with Crippen LogP contribution in [0.2, 0.25) is 0 Å². The lowest BCUT2D eigenvalue weighted by Gasteiger charge is -2.12. The molecule has 2 aromatic rings. The van der Waals surface area contributed by atoms with E-state index in [9.17, 15) is 4.39 Å². The van der Waals surface area contributed by atoms with E-state index >= 15 is 0 Å². The Hall–Kier alpha value is -0.880. The number of rotatable bonds is 4. The summed E-state index contributed by atoms with van der Waals surface area (Å²) in [5, 5.41) is 2.02. The second-order valence-corrected chi connectivity index (χ2v) is 6.08. The van der Waals surface area contributed by atoms with Gasteiger partial charge >= 0.3 is 0 Å². The molecule has 0 amide bonds. The highest BCUT2D eigenvalue weighted by Crippen LogP contribution is 2.17. The number of hydrogen-bond acceptors (Lipinski definition) is 3. The van der Waals surface area contributed by atoms with E-state index in [1.54, 1.807) is 23.5 Å². The summed E-state index contributed by atoms with van der Waals surface area (Å²) in [6.45, 7) is 1.60. The van der Waals surface area contributed by atoms with Crippen molar-refractivity contribution >= 4 is 41.0 Å². The Kier molecular flexibility index (Phi) is 6.44. The molecule has 0 N–H and O–H groups in total. The van der Waals surface area contributed by atoms with Crippen LogP contribution < -0.4 is 4.80 Å². The van der Waals surface area contributed by atoms with Crippen LogP contribution in [-0.2, 0) is 17.2 Å².